The summed E-state index contributed by atoms with van der Waals surface area (Å²) in [5, 5.41) is 10.1. The van der Waals surface area contributed by atoms with Gasteiger partial charge in [0.15, 0.2) is 0 Å². The van der Waals surface area contributed by atoms with Crippen molar-refractivity contribution >= 4 is 46.8 Å². The fraction of sp³-hybridized carbons (Fsp3) is 0.435. The van der Waals surface area contributed by atoms with E-state index >= 15 is 0 Å². The summed E-state index contributed by atoms with van der Waals surface area (Å²) in [6.07, 6.45) is 7.49. The van der Waals surface area contributed by atoms with Gasteiger partial charge in [-0.15, -0.1) is 11.8 Å². The molecule has 7 nitrogen and oxygen atoms in total. The van der Waals surface area contributed by atoms with E-state index in [2.05, 4.69) is 0 Å². The van der Waals surface area contributed by atoms with Crippen LogP contribution in [-0.4, -0.2) is 69.6 Å². The Balaban J connectivity index is 1.66. The number of cyclic esters (lactones) is 1. The number of halogens is 1. The number of benzene rings is 1. The number of rotatable bonds is 3. The van der Waals surface area contributed by atoms with Gasteiger partial charge in [0, 0.05) is 11.8 Å². The Kier molecular flexibility index (Phi) is 5.34. The third kappa shape index (κ3) is 2.96. The highest BCUT2D eigenvalue weighted by Gasteiger charge is 2.71. The first-order chi connectivity index (χ1) is 15.4. The van der Waals surface area contributed by atoms with Crippen LogP contribution in [0.25, 0.3) is 0 Å². The van der Waals surface area contributed by atoms with E-state index in [1.54, 1.807) is 42.2 Å². The molecule has 5 rings (SSSR count). The van der Waals surface area contributed by atoms with Gasteiger partial charge in [-0.2, -0.15) is 0 Å². The molecular formula is C23H23ClN2O5S. The first kappa shape index (κ1) is 21.6. The number of para-hydroxylation sites is 1. The van der Waals surface area contributed by atoms with E-state index in [4.69, 9.17) is 16.3 Å². The van der Waals surface area contributed by atoms with Crippen molar-refractivity contribution in [3.63, 3.8) is 0 Å². The second kappa shape index (κ2) is 7.93. The van der Waals surface area contributed by atoms with Crippen LogP contribution in [-0.2, 0) is 19.1 Å². The fourth-order valence-corrected chi connectivity index (χ4v) is 7.58. The number of thioether (sulfide) groups is 1. The zero-order valence-electron chi connectivity index (χ0n) is 17.4. The number of carbonyl (C=O) groups excluding carboxylic acids is 3. The Hall–Kier alpha value is -2.29. The maximum absolute atomic E-state index is 14.1. The predicted molar refractivity (Wildman–Crippen MR) is 121 cm³/mol. The van der Waals surface area contributed by atoms with E-state index in [1.807, 2.05) is 18.2 Å². The van der Waals surface area contributed by atoms with Gasteiger partial charge in [0.1, 0.15) is 12.6 Å². The standard InChI is InChI=1S/C23H23ClN2O5S/c1-13(12-27)26-19-21(29)25(15-7-3-2-6-14(15)24)10-5-9-23(19)18(20(26)28)17-16(32-23)8-4-11-31-22(17)30/h2-9,13,16-19,27H,10-12H2,1H3/t13-,16-,17+,18+,19?,23+/m1/s1. The van der Waals surface area contributed by atoms with E-state index in [1.165, 1.54) is 16.7 Å². The maximum atomic E-state index is 14.1. The summed E-state index contributed by atoms with van der Waals surface area (Å²) in [5.41, 5.74) is 0.560. The zero-order valence-corrected chi connectivity index (χ0v) is 19.0. The molecule has 168 valence electrons. The van der Waals surface area contributed by atoms with Crippen molar-refractivity contribution in [3.8, 4) is 0 Å². The lowest BCUT2D eigenvalue weighted by Crippen LogP contribution is -2.56. The van der Waals surface area contributed by atoms with Crippen molar-refractivity contribution in [1.29, 1.82) is 0 Å². The number of aliphatic hydroxyl groups is 1. The number of hydrogen-bond donors (Lipinski definition) is 1. The van der Waals surface area contributed by atoms with Gasteiger partial charge < -0.3 is 19.6 Å². The molecule has 1 unspecified atom stereocenters. The van der Waals surface area contributed by atoms with Crippen LogP contribution < -0.4 is 4.90 Å². The minimum atomic E-state index is -0.941. The highest BCUT2D eigenvalue weighted by atomic mass is 35.5. The molecular weight excluding hydrogens is 452 g/mol. The van der Waals surface area contributed by atoms with Gasteiger partial charge in [0.05, 0.1) is 39.9 Å². The number of nitrogens with zero attached hydrogens (tertiary/aromatic N) is 2. The van der Waals surface area contributed by atoms with Crippen molar-refractivity contribution in [1.82, 2.24) is 4.90 Å². The van der Waals surface area contributed by atoms with Crippen molar-refractivity contribution in [2.75, 3.05) is 24.7 Å². The van der Waals surface area contributed by atoms with Gasteiger partial charge in [0.2, 0.25) is 5.91 Å². The first-order valence-corrected chi connectivity index (χ1v) is 11.8. The number of esters is 1. The zero-order chi connectivity index (χ0) is 22.6. The molecule has 32 heavy (non-hydrogen) atoms. The minimum Gasteiger partial charge on any atom is -0.461 e. The van der Waals surface area contributed by atoms with Crippen molar-refractivity contribution in [2.45, 2.75) is 29.0 Å². The average Bonchev–Trinajstić information content (AvgIpc) is 3.09. The van der Waals surface area contributed by atoms with Gasteiger partial charge in [-0.05, 0) is 19.1 Å². The summed E-state index contributed by atoms with van der Waals surface area (Å²) in [7, 11) is 0. The highest BCUT2D eigenvalue weighted by Crippen LogP contribution is 2.61. The van der Waals surface area contributed by atoms with Crippen LogP contribution >= 0.6 is 23.4 Å². The summed E-state index contributed by atoms with van der Waals surface area (Å²) >= 11 is 7.87. The van der Waals surface area contributed by atoms with Crippen LogP contribution in [0.5, 0.6) is 0 Å². The monoisotopic (exact) mass is 474 g/mol. The molecule has 4 aliphatic heterocycles. The Morgan fingerprint density at radius 2 is 2.03 bits per heavy atom. The summed E-state index contributed by atoms with van der Waals surface area (Å²) < 4.78 is 4.40. The van der Waals surface area contributed by atoms with E-state index in [0.717, 1.165) is 0 Å². The Bertz CT molecular complexity index is 1040. The number of anilines is 1. The molecule has 0 bridgehead atoms. The van der Waals surface area contributed by atoms with Crippen LogP contribution in [0.4, 0.5) is 5.69 Å². The summed E-state index contributed by atoms with van der Waals surface area (Å²) in [6.45, 7) is 1.88. The van der Waals surface area contributed by atoms with Crippen LogP contribution in [0.15, 0.2) is 48.6 Å². The SMILES string of the molecule is C[C@H](CO)N1C(=O)[C@@H]2[C@H]3C(=O)OCC=C[C@H]3S[C@@]23C=CCN(c2ccccc2Cl)C(=O)C13. The summed E-state index contributed by atoms with van der Waals surface area (Å²) in [6, 6.07) is 5.61. The topological polar surface area (TPSA) is 87.2 Å². The molecule has 4 aliphatic rings. The molecule has 9 heteroatoms. The van der Waals surface area contributed by atoms with Crippen LogP contribution in [0, 0.1) is 11.8 Å². The fourth-order valence-electron chi connectivity index (χ4n) is 5.36. The van der Waals surface area contributed by atoms with Gasteiger partial charge in [0.25, 0.3) is 5.91 Å². The van der Waals surface area contributed by atoms with Crippen molar-refractivity contribution in [3.05, 3.63) is 53.6 Å². The molecule has 0 radical (unpaired) electrons. The smallest absolute Gasteiger partial charge is 0.311 e. The number of carbonyl (C=O) groups is 3. The Labute approximate surface area is 195 Å². The molecule has 1 N–H and O–H groups in total. The molecule has 2 amide bonds. The Morgan fingerprint density at radius 1 is 1.25 bits per heavy atom. The van der Waals surface area contributed by atoms with E-state index in [-0.39, 0.29) is 30.3 Å². The lowest BCUT2D eigenvalue weighted by molar-refractivity contribution is -0.152. The van der Waals surface area contributed by atoms with Gasteiger partial charge in [-0.3, -0.25) is 14.4 Å². The molecule has 6 atom stereocenters. The van der Waals surface area contributed by atoms with Crippen LogP contribution in [0.1, 0.15) is 6.92 Å². The number of amides is 2. The summed E-state index contributed by atoms with van der Waals surface area (Å²) in [4.78, 5) is 43.7. The van der Waals surface area contributed by atoms with Gasteiger partial charge >= 0.3 is 5.97 Å². The first-order valence-electron chi connectivity index (χ1n) is 10.6. The quantitative estimate of drug-likeness (QED) is 0.533. The highest BCUT2D eigenvalue weighted by molar-refractivity contribution is 8.02. The minimum absolute atomic E-state index is 0.176. The molecule has 4 heterocycles. The van der Waals surface area contributed by atoms with Crippen molar-refractivity contribution in [2.24, 2.45) is 11.8 Å². The number of ether oxygens (including phenoxy) is 1. The number of hydrogen-bond acceptors (Lipinski definition) is 6. The van der Waals surface area contributed by atoms with Crippen LogP contribution in [0.3, 0.4) is 0 Å². The molecule has 0 aliphatic carbocycles. The number of aliphatic hydroxyl groups excluding tert-OH is 1. The van der Waals surface area contributed by atoms with Gasteiger partial charge in [-0.1, -0.05) is 48.0 Å². The molecule has 1 aromatic rings. The third-order valence-electron chi connectivity index (χ3n) is 6.73. The van der Waals surface area contributed by atoms with Crippen molar-refractivity contribution < 1.29 is 24.2 Å². The normalized spacial score (nSPS) is 34.5. The van der Waals surface area contributed by atoms with E-state index in [9.17, 15) is 19.5 Å². The number of likely N-dealkylation sites (tertiary alicyclic amines) is 1. The molecule has 1 spiro atoms. The molecule has 0 aromatic heterocycles. The van der Waals surface area contributed by atoms with Gasteiger partial charge in [-0.25, -0.2) is 0 Å². The Morgan fingerprint density at radius 3 is 2.78 bits per heavy atom. The van der Waals surface area contributed by atoms with E-state index in [0.29, 0.717) is 17.3 Å². The van der Waals surface area contributed by atoms with E-state index < -0.39 is 34.6 Å². The largest absolute Gasteiger partial charge is 0.461 e. The second-order valence-electron chi connectivity index (χ2n) is 8.48. The predicted octanol–water partition coefficient (Wildman–Crippen LogP) is 2.03. The average molecular weight is 475 g/mol. The molecule has 0 saturated carbocycles. The lowest BCUT2D eigenvalue weighted by atomic mass is 9.78. The molecule has 2 saturated heterocycles. The molecule has 2 fully saturated rings. The van der Waals surface area contributed by atoms with Crippen LogP contribution in [0.2, 0.25) is 5.02 Å². The summed E-state index contributed by atoms with van der Waals surface area (Å²) in [5.74, 6) is -2.44. The molecule has 1 aromatic carbocycles. The lowest BCUT2D eigenvalue weighted by Gasteiger charge is -2.37. The number of fused-ring (bicyclic) bond motifs is 2. The maximum Gasteiger partial charge on any atom is 0.311 e. The second-order valence-corrected chi connectivity index (χ2v) is 10.4. The third-order valence-corrected chi connectivity index (χ3v) is 8.80.